The molecule has 2 bridgehead atoms. The van der Waals surface area contributed by atoms with E-state index in [2.05, 4.69) is 10.2 Å². The van der Waals surface area contributed by atoms with Crippen LogP contribution >= 0.6 is 0 Å². The van der Waals surface area contributed by atoms with Crippen molar-refractivity contribution < 1.29 is 33.3 Å². The van der Waals surface area contributed by atoms with E-state index in [-0.39, 0.29) is 18.3 Å². The van der Waals surface area contributed by atoms with Crippen LogP contribution in [-0.2, 0) is 27.4 Å². The number of nitrogens with zero attached hydrogens (tertiary/aromatic N) is 2. The van der Waals surface area contributed by atoms with Crippen molar-refractivity contribution in [1.82, 2.24) is 15.1 Å². The molecule has 2 amide bonds. The van der Waals surface area contributed by atoms with Crippen molar-refractivity contribution in [2.24, 2.45) is 5.92 Å². The van der Waals surface area contributed by atoms with Crippen LogP contribution in [-0.4, -0.2) is 80.7 Å². The van der Waals surface area contributed by atoms with Gasteiger partial charge < -0.3 is 33.9 Å². The Hall–Kier alpha value is -4.90. The summed E-state index contributed by atoms with van der Waals surface area (Å²) in [6, 6.07) is 32.5. The molecule has 0 spiro atoms. The molecule has 3 fully saturated rings. The maximum atomic E-state index is 13.9. The van der Waals surface area contributed by atoms with Gasteiger partial charge in [-0.2, -0.15) is 0 Å². The van der Waals surface area contributed by atoms with Crippen molar-refractivity contribution in [1.29, 1.82) is 0 Å². The molecule has 0 radical (unpaired) electrons. The first kappa shape index (κ1) is 38.8. The third-order valence-electron chi connectivity index (χ3n) is 10.2. The number of carbonyl (C=O) groups is 2. The topological polar surface area (TPSA) is 98.8 Å². The summed E-state index contributed by atoms with van der Waals surface area (Å²) in [4.78, 5) is 31.4. The Morgan fingerprint density at radius 1 is 0.815 bits per heavy atom. The number of nitrogens with one attached hydrogen (secondary N) is 1. The highest BCUT2D eigenvalue weighted by atomic mass is 16.7. The number of rotatable bonds is 18. The zero-order chi connectivity index (χ0) is 37.7. The van der Waals surface area contributed by atoms with Crippen LogP contribution < -0.4 is 14.8 Å². The summed E-state index contributed by atoms with van der Waals surface area (Å²) in [7, 11) is 1.63. The molecule has 0 aromatic heterocycles. The zero-order valence-electron chi connectivity index (χ0n) is 31.7. The summed E-state index contributed by atoms with van der Waals surface area (Å²) in [6.45, 7) is 9.08. The number of carbonyl (C=O) groups excluding carboxylic acids is 2. The number of hydrogen-bond donors (Lipinski definition) is 1. The first-order valence-corrected chi connectivity index (χ1v) is 19.1. The highest BCUT2D eigenvalue weighted by Gasteiger charge is 2.37. The van der Waals surface area contributed by atoms with Crippen LogP contribution in [0.1, 0.15) is 71.8 Å². The molecular formula is C44H53N3O7. The highest BCUT2D eigenvalue weighted by molar-refractivity contribution is 5.94. The predicted molar refractivity (Wildman–Crippen MR) is 207 cm³/mol. The molecule has 0 aliphatic carbocycles. The summed E-state index contributed by atoms with van der Waals surface area (Å²) in [5, 5.41) is 3.14. The fourth-order valence-electron chi connectivity index (χ4n) is 7.31. The average Bonchev–Trinajstić information content (AvgIpc) is 3.21. The van der Waals surface area contributed by atoms with Crippen LogP contribution in [0, 0.1) is 5.92 Å². The molecule has 7 rings (SSSR count). The van der Waals surface area contributed by atoms with E-state index >= 15 is 0 Å². The van der Waals surface area contributed by atoms with Crippen molar-refractivity contribution in [2.45, 2.75) is 64.7 Å². The summed E-state index contributed by atoms with van der Waals surface area (Å²) in [6.07, 6.45) is 1.82. The smallest absolute Gasteiger partial charge is 0.408 e. The molecule has 10 nitrogen and oxygen atoms in total. The van der Waals surface area contributed by atoms with E-state index in [0.717, 1.165) is 60.5 Å². The first-order valence-electron chi connectivity index (χ1n) is 19.1. The van der Waals surface area contributed by atoms with Gasteiger partial charge in [0.2, 0.25) is 0 Å². The summed E-state index contributed by atoms with van der Waals surface area (Å²) in [5.41, 5.74) is 4.30. The van der Waals surface area contributed by atoms with Gasteiger partial charge in [-0.3, -0.25) is 9.69 Å². The predicted octanol–water partition coefficient (Wildman–Crippen LogP) is 7.62. The lowest BCUT2D eigenvalue weighted by Gasteiger charge is -2.43. The first-order chi connectivity index (χ1) is 26.4. The van der Waals surface area contributed by atoms with E-state index in [0.29, 0.717) is 56.6 Å². The number of benzene rings is 4. The number of fused-ring (bicyclic) bond motifs is 3. The van der Waals surface area contributed by atoms with Gasteiger partial charge >= 0.3 is 6.09 Å². The Kier molecular flexibility index (Phi) is 14.0. The molecular weight excluding hydrogens is 682 g/mol. The minimum Gasteiger partial charge on any atom is -0.497 e. The summed E-state index contributed by atoms with van der Waals surface area (Å²) >= 11 is 0. The third kappa shape index (κ3) is 10.6. The van der Waals surface area contributed by atoms with Gasteiger partial charge in [-0.05, 0) is 104 Å². The van der Waals surface area contributed by atoms with Gasteiger partial charge in [-0.25, -0.2) is 4.79 Å². The van der Waals surface area contributed by atoms with Crippen molar-refractivity contribution in [2.75, 3.05) is 46.5 Å². The Bertz CT molecular complexity index is 1770. The third-order valence-corrected chi connectivity index (χ3v) is 10.2. The quantitative estimate of drug-likeness (QED) is 0.104. The Balaban J connectivity index is 1.10. The van der Waals surface area contributed by atoms with E-state index in [9.17, 15) is 9.59 Å². The number of piperidine rings is 3. The van der Waals surface area contributed by atoms with Crippen molar-refractivity contribution >= 4 is 12.0 Å². The van der Waals surface area contributed by atoms with Gasteiger partial charge in [0.15, 0.2) is 6.29 Å². The second kappa shape index (κ2) is 19.4. The molecule has 1 N–H and O–H groups in total. The molecule has 3 saturated heterocycles. The number of hydrogen-bond acceptors (Lipinski definition) is 8. The van der Waals surface area contributed by atoms with Crippen LogP contribution in [0.25, 0.3) is 0 Å². The van der Waals surface area contributed by atoms with Gasteiger partial charge in [0, 0.05) is 44.8 Å². The minimum atomic E-state index is -0.411. The van der Waals surface area contributed by atoms with E-state index in [1.165, 1.54) is 0 Å². The van der Waals surface area contributed by atoms with Gasteiger partial charge in [-0.15, -0.1) is 0 Å². The van der Waals surface area contributed by atoms with E-state index in [1.54, 1.807) is 7.11 Å². The van der Waals surface area contributed by atoms with E-state index in [1.807, 2.05) is 122 Å². The summed E-state index contributed by atoms with van der Waals surface area (Å²) < 4.78 is 29.2. The van der Waals surface area contributed by atoms with Crippen LogP contribution in [0.4, 0.5) is 4.79 Å². The standard InChI is InChI=1S/C44H53N3O7/c1-4-51-41(52-5-2)23-26-47(29-33-11-9-15-38(27-33)50-3)43(48)36-19-17-32(18-20-36)31-53-39-16-10-14-37(28-39)42(35-12-7-6-8-13-35)45-44(49)54-40-30-46-24-21-34(40)22-25-46/h6-20,27-28,34,40-42H,4-5,21-26,29-31H2,1-3H3,(H,45,49)/t40-,42-/m0/s1. The second-order valence-electron chi connectivity index (χ2n) is 13.8. The molecule has 0 unspecified atom stereocenters. The van der Waals surface area contributed by atoms with Gasteiger partial charge in [0.25, 0.3) is 5.91 Å². The normalized spacial score (nSPS) is 18.2. The lowest BCUT2D eigenvalue weighted by molar-refractivity contribution is -0.141. The Morgan fingerprint density at radius 3 is 2.20 bits per heavy atom. The molecule has 2 atom stereocenters. The van der Waals surface area contributed by atoms with Crippen molar-refractivity contribution in [3.05, 3.63) is 131 Å². The number of ether oxygens (including phenoxy) is 5. The maximum Gasteiger partial charge on any atom is 0.408 e. The lowest BCUT2D eigenvalue weighted by atomic mass is 9.86. The van der Waals surface area contributed by atoms with Crippen LogP contribution in [0.15, 0.2) is 103 Å². The largest absolute Gasteiger partial charge is 0.497 e. The molecule has 286 valence electrons. The van der Waals surface area contributed by atoms with Crippen LogP contribution in [0.3, 0.4) is 0 Å². The van der Waals surface area contributed by atoms with E-state index < -0.39 is 12.1 Å². The molecule has 4 aromatic carbocycles. The monoisotopic (exact) mass is 735 g/mol. The van der Waals surface area contributed by atoms with E-state index in [4.69, 9.17) is 23.7 Å². The highest BCUT2D eigenvalue weighted by Crippen LogP contribution is 2.31. The van der Waals surface area contributed by atoms with Crippen molar-refractivity contribution in [3.63, 3.8) is 0 Å². The SMILES string of the molecule is CCOC(CCN(Cc1cccc(OC)c1)C(=O)c1ccc(COc2cccc([C@@H](NC(=O)O[C@H]3CN4CCC3CC4)c3ccccc3)c2)cc1)OCC. The molecule has 10 heteroatoms. The van der Waals surface area contributed by atoms with Crippen molar-refractivity contribution in [3.8, 4) is 11.5 Å². The molecule has 54 heavy (non-hydrogen) atoms. The fraction of sp³-hybridized carbons (Fsp3) is 0.409. The van der Waals surface area contributed by atoms with Gasteiger partial charge in [0.05, 0.1) is 13.2 Å². The number of amides is 2. The molecule has 4 aromatic rings. The minimum absolute atomic E-state index is 0.0792. The van der Waals surface area contributed by atoms with Gasteiger partial charge in [0.1, 0.15) is 24.2 Å². The Labute approximate surface area is 319 Å². The molecule has 3 heterocycles. The molecule has 3 aliphatic rings. The lowest BCUT2D eigenvalue weighted by Crippen LogP contribution is -2.52. The zero-order valence-corrected chi connectivity index (χ0v) is 31.7. The van der Waals surface area contributed by atoms with Crippen LogP contribution in [0.5, 0.6) is 11.5 Å². The molecule has 0 saturated carbocycles. The second-order valence-corrected chi connectivity index (χ2v) is 13.8. The number of alkyl carbamates (subject to hydrolysis) is 1. The number of methoxy groups -OCH3 is 1. The van der Waals surface area contributed by atoms with Crippen LogP contribution in [0.2, 0.25) is 0 Å². The maximum absolute atomic E-state index is 13.9. The summed E-state index contributed by atoms with van der Waals surface area (Å²) in [5.74, 6) is 1.75. The molecule has 3 aliphatic heterocycles. The Morgan fingerprint density at radius 2 is 1.52 bits per heavy atom. The van der Waals surface area contributed by atoms with Gasteiger partial charge in [-0.1, -0.05) is 66.7 Å². The fourth-order valence-corrected chi connectivity index (χ4v) is 7.31. The average molecular weight is 736 g/mol.